The van der Waals surface area contributed by atoms with Gasteiger partial charge in [0.1, 0.15) is 0 Å². The second-order valence-electron chi connectivity index (χ2n) is 7.13. The van der Waals surface area contributed by atoms with Crippen LogP contribution in [0.5, 0.6) is 0 Å². The largest absolute Gasteiger partial charge is 0.0654 e. The summed E-state index contributed by atoms with van der Waals surface area (Å²) in [5.41, 5.74) is 3.23. The van der Waals surface area contributed by atoms with E-state index in [9.17, 15) is 0 Å². The molecule has 0 fully saturated rings. The van der Waals surface area contributed by atoms with Gasteiger partial charge in [-0.05, 0) is 35.8 Å². The van der Waals surface area contributed by atoms with E-state index < -0.39 is 0 Å². The van der Waals surface area contributed by atoms with Gasteiger partial charge in [-0.2, -0.15) is 0 Å². The average Bonchev–Trinajstić information content (AvgIpc) is 2.55. The fourth-order valence-corrected chi connectivity index (χ4v) is 3.47. The molecule has 1 rings (SSSR count). The van der Waals surface area contributed by atoms with Crippen LogP contribution in [0.4, 0.5) is 0 Å². The van der Waals surface area contributed by atoms with Gasteiger partial charge < -0.3 is 0 Å². The molecule has 0 bridgehead atoms. The van der Waals surface area contributed by atoms with Crippen molar-refractivity contribution in [3.63, 3.8) is 0 Å². The molecule has 0 aliphatic rings. The zero-order valence-electron chi connectivity index (χ0n) is 15.5. The van der Waals surface area contributed by atoms with Crippen LogP contribution >= 0.6 is 0 Å². The Hall–Kier alpha value is -0.780. The predicted octanol–water partition coefficient (Wildman–Crippen LogP) is 7.83. The summed E-state index contributed by atoms with van der Waals surface area (Å²) in [5.74, 6) is 1.43. The van der Waals surface area contributed by atoms with Crippen molar-refractivity contribution in [2.24, 2.45) is 0 Å². The van der Waals surface area contributed by atoms with Crippen LogP contribution in [0.1, 0.15) is 115 Å². The number of hydrogen-bond donors (Lipinski definition) is 0. The fourth-order valence-electron chi connectivity index (χ4n) is 3.47. The second-order valence-corrected chi connectivity index (χ2v) is 7.13. The highest BCUT2D eigenvalue weighted by atomic mass is 14.2. The average molecular weight is 303 g/mol. The first-order valence-electron chi connectivity index (χ1n) is 9.79. The Labute approximate surface area is 139 Å². The summed E-state index contributed by atoms with van der Waals surface area (Å²) in [4.78, 5) is 0. The van der Waals surface area contributed by atoms with E-state index in [0.717, 1.165) is 0 Å². The normalized spacial score (nSPS) is 14.0. The lowest BCUT2D eigenvalue weighted by Gasteiger charge is -2.21. The zero-order valence-corrected chi connectivity index (χ0v) is 15.5. The highest BCUT2D eigenvalue weighted by Gasteiger charge is 2.14. The third-order valence-electron chi connectivity index (χ3n) is 5.04. The van der Waals surface area contributed by atoms with Crippen LogP contribution in [0, 0.1) is 0 Å². The van der Waals surface area contributed by atoms with Gasteiger partial charge in [0.05, 0.1) is 0 Å². The van der Waals surface area contributed by atoms with E-state index in [1.165, 1.54) is 64.2 Å². The molecule has 0 saturated heterocycles. The molecule has 0 N–H and O–H groups in total. The molecule has 0 aliphatic carbocycles. The van der Waals surface area contributed by atoms with Gasteiger partial charge in [-0.1, -0.05) is 103 Å². The molecule has 0 radical (unpaired) electrons. The lowest BCUT2D eigenvalue weighted by Crippen LogP contribution is -2.03. The van der Waals surface area contributed by atoms with Gasteiger partial charge in [-0.25, -0.2) is 0 Å². The van der Waals surface area contributed by atoms with Crippen molar-refractivity contribution < 1.29 is 0 Å². The van der Waals surface area contributed by atoms with Crippen LogP contribution in [0.15, 0.2) is 24.3 Å². The van der Waals surface area contributed by atoms with Crippen molar-refractivity contribution in [1.29, 1.82) is 0 Å². The Balaban J connectivity index is 2.56. The fraction of sp³-hybridized carbons (Fsp3) is 0.727. The predicted molar refractivity (Wildman–Crippen MR) is 101 cm³/mol. The minimum absolute atomic E-state index is 0.714. The van der Waals surface area contributed by atoms with Crippen LogP contribution in [-0.4, -0.2) is 0 Å². The summed E-state index contributed by atoms with van der Waals surface area (Å²) >= 11 is 0. The Morgan fingerprint density at radius 2 is 1.05 bits per heavy atom. The van der Waals surface area contributed by atoms with Crippen molar-refractivity contribution in [2.45, 2.75) is 104 Å². The monoisotopic (exact) mass is 302 g/mol. The molecule has 0 nitrogen and oxygen atoms in total. The highest BCUT2D eigenvalue weighted by molar-refractivity contribution is 5.32. The van der Waals surface area contributed by atoms with Crippen LogP contribution < -0.4 is 0 Å². The third kappa shape index (κ3) is 6.99. The summed E-state index contributed by atoms with van der Waals surface area (Å²) in [6.07, 6.45) is 13.7. The lowest BCUT2D eigenvalue weighted by molar-refractivity contribution is 0.555. The van der Waals surface area contributed by atoms with Crippen molar-refractivity contribution in [2.75, 3.05) is 0 Å². The Bertz CT molecular complexity index is 342. The Morgan fingerprint density at radius 1 is 0.636 bits per heavy atom. The van der Waals surface area contributed by atoms with Crippen molar-refractivity contribution in [1.82, 2.24) is 0 Å². The maximum Gasteiger partial charge on any atom is -0.0188 e. The Morgan fingerprint density at radius 3 is 1.41 bits per heavy atom. The van der Waals surface area contributed by atoms with E-state index in [4.69, 9.17) is 0 Å². The molecular formula is C22H38. The molecule has 126 valence electrons. The van der Waals surface area contributed by atoms with Gasteiger partial charge in [0.2, 0.25) is 0 Å². The quantitative estimate of drug-likeness (QED) is 0.345. The third-order valence-corrected chi connectivity index (χ3v) is 5.04. The number of rotatable bonds is 12. The van der Waals surface area contributed by atoms with Gasteiger partial charge in [-0.15, -0.1) is 0 Å². The number of benzene rings is 1. The smallest absolute Gasteiger partial charge is 0.0188 e. The first kappa shape index (κ1) is 19.3. The molecule has 2 unspecified atom stereocenters. The van der Waals surface area contributed by atoms with E-state index in [1.54, 1.807) is 11.1 Å². The maximum absolute atomic E-state index is 2.43. The van der Waals surface area contributed by atoms with Gasteiger partial charge in [0, 0.05) is 0 Å². The van der Waals surface area contributed by atoms with E-state index in [2.05, 4.69) is 52.0 Å². The summed E-state index contributed by atoms with van der Waals surface area (Å²) in [6, 6.07) is 9.21. The maximum atomic E-state index is 2.43. The minimum atomic E-state index is 0.714. The van der Waals surface area contributed by atoms with E-state index >= 15 is 0 Å². The first-order valence-corrected chi connectivity index (χ1v) is 9.79. The molecule has 0 aliphatic heterocycles. The molecule has 0 heterocycles. The molecule has 0 amide bonds. The molecule has 2 atom stereocenters. The SMILES string of the molecule is CCCCCCC(C)c1ccccc1C(C)CCCCCC. The molecule has 1 aromatic carbocycles. The van der Waals surface area contributed by atoms with Gasteiger partial charge >= 0.3 is 0 Å². The summed E-state index contributed by atoms with van der Waals surface area (Å²) in [6.45, 7) is 9.43. The standard InChI is InChI=1S/C22H38/c1-5-7-9-11-15-19(3)21-17-13-14-18-22(21)20(4)16-12-10-8-6-2/h13-14,17-20H,5-12,15-16H2,1-4H3. The minimum Gasteiger partial charge on any atom is -0.0654 e. The molecule has 0 aromatic heterocycles. The van der Waals surface area contributed by atoms with E-state index in [-0.39, 0.29) is 0 Å². The molecule has 0 saturated carbocycles. The molecule has 0 heteroatoms. The lowest BCUT2D eigenvalue weighted by atomic mass is 9.84. The first-order chi connectivity index (χ1) is 10.7. The highest BCUT2D eigenvalue weighted by Crippen LogP contribution is 2.32. The molecule has 0 spiro atoms. The van der Waals surface area contributed by atoms with Crippen LogP contribution in [0.25, 0.3) is 0 Å². The molecule has 22 heavy (non-hydrogen) atoms. The Kier molecular flexibility index (Phi) is 10.3. The van der Waals surface area contributed by atoms with Gasteiger partial charge in [-0.3, -0.25) is 0 Å². The van der Waals surface area contributed by atoms with Crippen LogP contribution in [0.3, 0.4) is 0 Å². The van der Waals surface area contributed by atoms with E-state index in [0.29, 0.717) is 11.8 Å². The summed E-state index contributed by atoms with van der Waals surface area (Å²) < 4.78 is 0. The molecule has 1 aromatic rings. The van der Waals surface area contributed by atoms with Crippen molar-refractivity contribution in [3.05, 3.63) is 35.4 Å². The topological polar surface area (TPSA) is 0 Å². The van der Waals surface area contributed by atoms with Crippen LogP contribution in [0.2, 0.25) is 0 Å². The van der Waals surface area contributed by atoms with Crippen LogP contribution in [-0.2, 0) is 0 Å². The second kappa shape index (κ2) is 11.7. The molecular weight excluding hydrogens is 264 g/mol. The van der Waals surface area contributed by atoms with Crippen molar-refractivity contribution in [3.8, 4) is 0 Å². The number of hydrogen-bond acceptors (Lipinski definition) is 0. The van der Waals surface area contributed by atoms with Gasteiger partial charge in [0.25, 0.3) is 0 Å². The number of unbranched alkanes of at least 4 members (excludes halogenated alkanes) is 6. The summed E-state index contributed by atoms with van der Waals surface area (Å²) in [5, 5.41) is 0. The van der Waals surface area contributed by atoms with Gasteiger partial charge in [0.15, 0.2) is 0 Å². The van der Waals surface area contributed by atoms with Crippen molar-refractivity contribution >= 4 is 0 Å². The zero-order chi connectivity index (χ0) is 16.2. The summed E-state index contributed by atoms with van der Waals surface area (Å²) in [7, 11) is 0. The van der Waals surface area contributed by atoms with E-state index in [1.807, 2.05) is 0 Å².